The van der Waals surface area contributed by atoms with Crippen LogP contribution in [0.3, 0.4) is 0 Å². The van der Waals surface area contributed by atoms with Crippen LogP contribution in [0, 0.1) is 5.82 Å². The van der Waals surface area contributed by atoms with Crippen molar-refractivity contribution in [2.75, 3.05) is 7.11 Å². The zero-order valence-electron chi connectivity index (χ0n) is 11.4. The van der Waals surface area contributed by atoms with Crippen molar-refractivity contribution in [3.8, 4) is 5.75 Å². The molecule has 0 saturated carbocycles. The highest BCUT2D eigenvalue weighted by atomic mass is 19.1. The molecule has 1 aliphatic rings. The molecule has 1 atom stereocenters. The number of rotatable bonds is 3. The zero-order chi connectivity index (χ0) is 13.7. The smallest absolute Gasteiger partial charge is 0.133 e. The van der Waals surface area contributed by atoms with Crippen LogP contribution < -0.4 is 4.74 Å². The van der Waals surface area contributed by atoms with Gasteiger partial charge in [0.15, 0.2) is 0 Å². The van der Waals surface area contributed by atoms with E-state index in [1.54, 1.807) is 12.1 Å². The quantitative estimate of drug-likeness (QED) is 0.831. The molecule has 1 aromatic carbocycles. The van der Waals surface area contributed by atoms with E-state index in [9.17, 15) is 9.50 Å². The fraction of sp³-hybridized carbons (Fsp3) is 0.500. The molecule has 0 heterocycles. The normalized spacial score (nSPS) is 20.9. The van der Waals surface area contributed by atoms with Gasteiger partial charge in [0.2, 0.25) is 0 Å². The summed E-state index contributed by atoms with van der Waals surface area (Å²) in [4.78, 5) is 0. The van der Waals surface area contributed by atoms with Gasteiger partial charge in [-0.2, -0.15) is 0 Å². The number of allylic oxidation sites excluding steroid dienone is 1. The minimum atomic E-state index is -0.894. The third-order valence-electron chi connectivity index (χ3n) is 3.68. The van der Waals surface area contributed by atoms with Gasteiger partial charge in [0, 0.05) is 0 Å². The van der Waals surface area contributed by atoms with Gasteiger partial charge in [0.1, 0.15) is 17.7 Å². The molecule has 1 aromatic rings. The van der Waals surface area contributed by atoms with Gasteiger partial charge in [-0.15, -0.1) is 0 Å². The Labute approximate surface area is 113 Å². The fourth-order valence-electron chi connectivity index (χ4n) is 2.61. The van der Waals surface area contributed by atoms with E-state index in [0.717, 1.165) is 31.3 Å². The molecule has 0 amide bonds. The van der Waals surface area contributed by atoms with Crippen molar-refractivity contribution in [3.63, 3.8) is 0 Å². The molecule has 2 nitrogen and oxygen atoms in total. The first-order chi connectivity index (χ1) is 9.24. The number of hydrogen-bond acceptors (Lipinski definition) is 2. The molecule has 0 radical (unpaired) electrons. The van der Waals surface area contributed by atoms with Gasteiger partial charge in [-0.3, -0.25) is 0 Å². The number of benzene rings is 1. The number of aliphatic hydroxyl groups is 1. The summed E-state index contributed by atoms with van der Waals surface area (Å²) in [7, 11) is 1.50. The van der Waals surface area contributed by atoms with Crippen LogP contribution in [0.1, 0.15) is 50.2 Å². The summed E-state index contributed by atoms with van der Waals surface area (Å²) in [6.45, 7) is 0. The van der Waals surface area contributed by atoms with Gasteiger partial charge >= 0.3 is 0 Å². The van der Waals surface area contributed by atoms with E-state index in [4.69, 9.17) is 4.74 Å². The Balaban J connectivity index is 2.29. The summed E-state index contributed by atoms with van der Waals surface area (Å²) in [5, 5.41) is 10.5. The van der Waals surface area contributed by atoms with Crippen LogP contribution in [0.4, 0.5) is 4.39 Å². The number of hydrogen-bond donors (Lipinski definition) is 1. The van der Waals surface area contributed by atoms with E-state index < -0.39 is 11.9 Å². The number of methoxy groups -OCH3 is 1. The molecule has 1 aliphatic carbocycles. The Morgan fingerprint density at radius 3 is 2.79 bits per heavy atom. The van der Waals surface area contributed by atoms with E-state index in [-0.39, 0.29) is 5.56 Å². The fourth-order valence-corrected chi connectivity index (χ4v) is 2.61. The molecule has 104 valence electrons. The predicted octanol–water partition coefficient (Wildman–Crippen LogP) is 4.15. The average molecular weight is 264 g/mol. The lowest BCUT2D eigenvalue weighted by Gasteiger charge is -2.20. The summed E-state index contributed by atoms with van der Waals surface area (Å²) in [5.74, 6) is 0.00488. The lowest BCUT2D eigenvalue weighted by Crippen LogP contribution is -2.08. The molecule has 1 N–H and O–H groups in total. The van der Waals surface area contributed by atoms with Crippen molar-refractivity contribution in [2.45, 2.75) is 44.6 Å². The Kier molecular flexibility index (Phi) is 4.97. The standard InChI is InChI=1S/C16H21FO2/c1-19-14-11-7-10-13(17)15(14)16(18)12-8-5-3-2-4-6-9-12/h7-8,10-11,16,18H,2-6,9H2,1H3/b12-8+. The number of aliphatic hydroxyl groups excluding tert-OH is 1. The minimum absolute atomic E-state index is 0.261. The number of ether oxygens (including phenoxy) is 1. The highest BCUT2D eigenvalue weighted by molar-refractivity contribution is 5.40. The van der Waals surface area contributed by atoms with E-state index in [0.29, 0.717) is 5.75 Å². The van der Waals surface area contributed by atoms with Gasteiger partial charge in [0.05, 0.1) is 12.7 Å². The highest BCUT2D eigenvalue weighted by Gasteiger charge is 2.21. The second-order valence-electron chi connectivity index (χ2n) is 4.99. The molecule has 0 aromatic heterocycles. The average Bonchev–Trinajstić information content (AvgIpc) is 2.37. The van der Waals surface area contributed by atoms with Crippen LogP contribution in [-0.2, 0) is 0 Å². The summed E-state index contributed by atoms with van der Waals surface area (Å²) >= 11 is 0. The van der Waals surface area contributed by atoms with Crippen LogP contribution in [0.5, 0.6) is 5.75 Å². The predicted molar refractivity (Wildman–Crippen MR) is 73.7 cm³/mol. The van der Waals surface area contributed by atoms with Crippen molar-refractivity contribution in [1.82, 2.24) is 0 Å². The molecule has 0 saturated heterocycles. The van der Waals surface area contributed by atoms with E-state index in [2.05, 4.69) is 6.08 Å². The Hall–Kier alpha value is -1.35. The van der Waals surface area contributed by atoms with Crippen LogP contribution in [0.15, 0.2) is 29.8 Å². The number of halogens is 1. The van der Waals surface area contributed by atoms with Crippen LogP contribution in [-0.4, -0.2) is 12.2 Å². The Bertz CT molecular complexity index is 454. The van der Waals surface area contributed by atoms with Crippen molar-refractivity contribution in [3.05, 3.63) is 41.2 Å². The van der Waals surface area contributed by atoms with E-state index in [1.807, 2.05) is 0 Å². The molecule has 1 unspecified atom stereocenters. The van der Waals surface area contributed by atoms with Gasteiger partial charge in [-0.05, 0) is 43.4 Å². The van der Waals surface area contributed by atoms with E-state index >= 15 is 0 Å². The van der Waals surface area contributed by atoms with Crippen LogP contribution >= 0.6 is 0 Å². The molecule has 0 spiro atoms. The van der Waals surface area contributed by atoms with Crippen molar-refractivity contribution < 1.29 is 14.2 Å². The lowest BCUT2D eigenvalue weighted by molar-refractivity contribution is 0.198. The zero-order valence-corrected chi connectivity index (χ0v) is 11.4. The Morgan fingerprint density at radius 1 is 1.21 bits per heavy atom. The minimum Gasteiger partial charge on any atom is -0.496 e. The maximum atomic E-state index is 14.0. The topological polar surface area (TPSA) is 29.5 Å². The van der Waals surface area contributed by atoms with Crippen molar-refractivity contribution in [2.24, 2.45) is 0 Å². The molecular formula is C16H21FO2. The molecule has 3 heteroatoms. The summed E-state index contributed by atoms with van der Waals surface area (Å²) in [6, 6.07) is 4.65. The SMILES string of the molecule is COc1cccc(F)c1C(O)/C1=C/CCCCCC1. The van der Waals surface area contributed by atoms with Gasteiger partial charge in [-0.1, -0.05) is 25.0 Å². The van der Waals surface area contributed by atoms with Crippen molar-refractivity contribution in [1.29, 1.82) is 0 Å². The van der Waals surface area contributed by atoms with E-state index in [1.165, 1.54) is 26.0 Å². The summed E-state index contributed by atoms with van der Waals surface area (Å²) in [6.07, 6.45) is 7.58. The third kappa shape index (κ3) is 3.35. The molecule has 19 heavy (non-hydrogen) atoms. The van der Waals surface area contributed by atoms with Crippen LogP contribution in [0.25, 0.3) is 0 Å². The lowest BCUT2D eigenvalue weighted by atomic mass is 9.92. The van der Waals surface area contributed by atoms with Crippen LogP contribution in [0.2, 0.25) is 0 Å². The first kappa shape index (κ1) is 14.1. The molecule has 2 rings (SSSR count). The monoisotopic (exact) mass is 264 g/mol. The molecule has 0 bridgehead atoms. The highest BCUT2D eigenvalue weighted by Crippen LogP contribution is 2.35. The maximum Gasteiger partial charge on any atom is 0.133 e. The van der Waals surface area contributed by atoms with Gasteiger partial charge < -0.3 is 9.84 Å². The second kappa shape index (κ2) is 6.71. The molecule has 0 fully saturated rings. The summed E-state index contributed by atoms with van der Waals surface area (Å²) in [5.41, 5.74) is 1.18. The first-order valence-corrected chi connectivity index (χ1v) is 6.93. The largest absolute Gasteiger partial charge is 0.496 e. The van der Waals surface area contributed by atoms with Gasteiger partial charge in [0.25, 0.3) is 0 Å². The third-order valence-corrected chi connectivity index (χ3v) is 3.68. The van der Waals surface area contributed by atoms with Crippen molar-refractivity contribution >= 4 is 0 Å². The molecule has 0 aliphatic heterocycles. The van der Waals surface area contributed by atoms with Gasteiger partial charge in [-0.25, -0.2) is 4.39 Å². The summed E-state index contributed by atoms with van der Waals surface area (Å²) < 4.78 is 19.1. The second-order valence-corrected chi connectivity index (χ2v) is 4.99. The first-order valence-electron chi connectivity index (χ1n) is 6.93. The maximum absolute atomic E-state index is 14.0. The molecular weight excluding hydrogens is 243 g/mol. The Morgan fingerprint density at radius 2 is 2.00 bits per heavy atom.